The monoisotopic (exact) mass is 354 g/mol. The molecule has 132 valence electrons. The molecule has 26 heavy (non-hydrogen) atoms. The van der Waals surface area contributed by atoms with Gasteiger partial charge < -0.3 is 4.74 Å². The summed E-state index contributed by atoms with van der Waals surface area (Å²) in [5.41, 5.74) is 1.40. The van der Waals surface area contributed by atoms with E-state index >= 15 is 0 Å². The van der Waals surface area contributed by atoms with Crippen LogP contribution in [0, 0.1) is 11.6 Å². The van der Waals surface area contributed by atoms with Crippen LogP contribution < -0.4 is 4.74 Å². The van der Waals surface area contributed by atoms with Crippen molar-refractivity contribution in [1.82, 2.24) is 9.97 Å². The van der Waals surface area contributed by atoms with E-state index in [0.29, 0.717) is 12.2 Å². The molecule has 3 aromatic rings. The lowest BCUT2D eigenvalue weighted by atomic mass is 10.1. The Morgan fingerprint density at radius 1 is 0.923 bits per heavy atom. The SMILES string of the molecule is COc1ccc(CCc2ncc(C(=O)c3ccc(F)c(F)c3)cn2)cc1. The number of aryl methyl sites for hydroxylation is 2. The van der Waals surface area contributed by atoms with Crippen molar-refractivity contribution in [3.05, 3.63) is 89.0 Å². The summed E-state index contributed by atoms with van der Waals surface area (Å²) in [5, 5.41) is 0. The normalized spacial score (nSPS) is 10.6. The van der Waals surface area contributed by atoms with Crippen molar-refractivity contribution < 1.29 is 18.3 Å². The Morgan fingerprint density at radius 2 is 1.62 bits per heavy atom. The summed E-state index contributed by atoms with van der Waals surface area (Å²) < 4.78 is 31.3. The second-order valence-corrected chi connectivity index (χ2v) is 5.69. The molecule has 4 nitrogen and oxygen atoms in total. The van der Waals surface area contributed by atoms with Crippen molar-refractivity contribution in [2.24, 2.45) is 0 Å². The van der Waals surface area contributed by atoms with Crippen molar-refractivity contribution in [2.75, 3.05) is 7.11 Å². The van der Waals surface area contributed by atoms with Crippen molar-refractivity contribution in [2.45, 2.75) is 12.8 Å². The maximum Gasteiger partial charge on any atom is 0.196 e. The minimum absolute atomic E-state index is 0.0542. The van der Waals surface area contributed by atoms with Crippen LogP contribution >= 0.6 is 0 Å². The van der Waals surface area contributed by atoms with Crippen LogP contribution in [0.5, 0.6) is 5.75 Å². The Hall–Kier alpha value is -3.15. The summed E-state index contributed by atoms with van der Waals surface area (Å²) in [7, 11) is 1.62. The van der Waals surface area contributed by atoms with Gasteiger partial charge in [0.25, 0.3) is 0 Å². The third kappa shape index (κ3) is 4.08. The zero-order valence-electron chi connectivity index (χ0n) is 14.1. The van der Waals surface area contributed by atoms with Gasteiger partial charge in [0.2, 0.25) is 0 Å². The van der Waals surface area contributed by atoms with E-state index in [4.69, 9.17) is 4.74 Å². The molecule has 0 unspecified atom stereocenters. The molecule has 0 saturated heterocycles. The summed E-state index contributed by atoms with van der Waals surface area (Å²) in [5.74, 6) is -1.11. The number of hydrogen-bond acceptors (Lipinski definition) is 4. The fourth-order valence-electron chi connectivity index (χ4n) is 2.45. The number of methoxy groups -OCH3 is 1. The van der Waals surface area contributed by atoms with Gasteiger partial charge in [0.1, 0.15) is 11.6 Å². The predicted molar refractivity (Wildman–Crippen MR) is 92.2 cm³/mol. The highest BCUT2D eigenvalue weighted by Crippen LogP contribution is 2.14. The molecule has 0 fully saturated rings. The van der Waals surface area contributed by atoms with Crippen LogP contribution in [0.15, 0.2) is 54.9 Å². The van der Waals surface area contributed by atoms with E-state index in [1.807, 2.05) is 24.3 Å². The van der Waals surface area contributed by atoms with Crippen LogP contribution in [0.25, 0.3) is 0 Å². The molecule has 0 bridgehead atoms. The zero-order chi connectivity index (χ0) is 18.5. The molecular weight excluding hydrogens is 338 g/mol. The van der Waals surface area contributed by atoms with Crippen molar-refractivity contribution in [3.8, 4) is 5.75 Å². The summed E-state index contributed by atoms with van der Waals surface area (Å²) in [6.45, 7) is 0. The first-order valence-electron chi connectivity index (χ1n) is 8.00. The van der Waals surface area contributed by atoms with Gasteiger partial charge >= 0.3 is 0 Å². The lowest BCUT2D eigenvalue weighted by Gasteiger charge is -2.05. The first-order valence-corrected chi connectivity index (χ1v) is 8.00. The standard InChI is InChI=1S/C20H16F2N2O2/c1-26-16-6-2-13(3-7-16)4-9-19-23-11-15(12-24-19)20(25)14-5-8-17(21)18(22)10-14/h2-3,5-8,10-12H,4,9H2,1H3. The lowest BCUT2D eigenvalue weighted by molar-refractivity contribution is 0.103. The quantitative estimate of drug-likeness (QED) is 0.632. The Morgan fingerprint density at radius 3 is 2.23 bits per heavy atom. The minimum Gasteiger partial charge on any atom is -0.497 e. The second kappa shape index (κ2) is 7.82. The maximum atomic E-state index is 13.3. The molecule has 0 atom stereocenters. The highest BCUT2D eigenvalue weighted by Gasteiger charge is 2.13. The molecule has 0 radical (unpaired) electrons. The van der Waals surface area contributed by atoms with Crippen LogP contribution in [-0.2, 0) is 12.8 Å². The fraction of sp³-hybridized carbons (Fsp3) is 0.150. The molecule has 6 heteroatoms. The first-order chi connectivity index (χ1) is 12.6. The molecule has 0 amide bonds. The number of hydrogen-bond donors (Lipinski definition) is 0. The fourth-order valence-corrected chi connectivity index (χ4v) is 2.45. The third-order valence-corrected chi connectivity index (χ3v) is 3.95. The van der Waals surface area contributed by atoms with Crippen LogP contribution in [0.4, 0.5) is 8.78 Å². The van der Waals surface area contributed by atoms with Gasteiger partial charge in [-0.3, -0.25) is 4.79 Å². The summed E-state index contributed by atoms with van der Waals surface area (Å²) in [4.78, 5) is 20.7. The number of aromatic nitrogens is 2. The third-order valence-electron chi connectivity index (χ3n) is 3.95. The molecule has 1 heterocycles. The van der Waals surface area contributed by atoms with Crippen LogP contribution in [-0.4, -0.2) is 22.9 Å². The number of benzene rings is 2. The number of halogens is 2. The molecule has 0 aliphatic rings. The van der Waals surface area contributed by atoms with Gasteiger partial charge in [-0.15, -0.1) is 0 Å². The molecule has 3 rings (SSSR count). The molecule has 0 N–H and O–H groups in total. The minimum atomic E-state index is -1.06. The second-order valence-electron chi connectivity index (χ2n) is 5.69. The Bertz CT molecular complexity index is 910. The Labute approximate surface area is 149 Å². The van der Waals surface area contributed by atoms with Gasteiger partial charge in [0.05, 0.1) is 12.7 Å². The molecule has 0 aliphatic carbocycles. The zero-order valence-corrected chi connectivity index (χ0v) is 14.1. The number of nitrogens with zero attached hydrogens (tertiary/aromatic N) is 2. The first kappa shape index (κ1) is 17.7. The van der Waals surface area contributed by atoms with Gasteiger partial charge in [0, 0.05) is 24.4 Å². The number of rotatable bonds is 6. The van der Waals surface area contributed by atoms with Gasteiger partial charge in [-0.05, 0) is 42.3 Å². The van der Waals surface area contributed by atoms with E-state index in [0.717, 1.165) is 29.9 Å². The Balaban J connectivity index is 1.65. The number of ether oxygens (including phenoxy) is 1. The molecule has 1 aromatic heterocycles. The maximum absolute atomic E-state index is 13.3. The van der Waals surface area contributed by atoms with Crippen LogP contribution in [0.3, 0.4) is 0 Å². The van der Waals surface area contributed by atoms with Crippen molar-refractivity contribution in [1.29, 1.82) is 0 Å². The average molecular weight is 354 g/mol. The van der Waals surface area contributed by atoms with Gasteiger partial charge in [-0.25, -0.2) is 18.7 Å². The number of carbonyl (C=O) groups is 1. The molecule has 2 aromatic carbocycles. The Kier molecular flexibility index (Phi) is 5.31. The van der Waals surface area contributed by atoms with E-state index in [1.54, 1.807) is 7.11 Å². The van der Waals surface area contributed by atoms with Crippen LogP contribution in [0.2, 0.25) is 0 Å². The van der Waals surface area contributed by atoms with Gasteiger partial charge in [-0.2, -0.15) is 0 Å². The van der Waals surface area contributed by atoms with E-state index in [2.05, 4.69) is 9.97 Å². The summed E-state index contributed by atoms with van der Waals surface area (Å²) >= 11 is 0. The van der Waals surface area contributed by atoms with Gasteiger partial charge in [0.15, 0.2) is 17.4 Å². The van der Waals surface area contributed by atoms with Crippen molar-refractivity contribution >= 4 is 5.78 Å². The lowest BCUT2D eigenvalue weighted by Crippen LogP contribution is -2.06. The molecule has 0 spiro atoms. The van der Waals surface area contributed by atoms with E-state index in [-0.39, 0.29) is 11.1 Å². The predicted octanol–water partition coefficient (Wildman–Crippen LogP) is 3.78. The van der Waals surface area contributed by atoms with Gasteiger partial charge in [-0.1, -0.05) is 12.1 Å². The highest BCUT2D eigenvalue weighted by atomic mass is 19.2. The van der Waals surface area contributed by atoms with Crippen LogP contribution in [0.1, 0.15) is 27.3 Å². The summed E-state index contributed by atoms with van der Waals surface area (Å²) in [6, 6.07) is 10.7. The number of carbonyl (C=O) groups excluding carboxylic acids is 1. The van der Waals surface area contributed by atoms with E-state index in [9.17, 15) is 13.6 Å². The van der Waals surface area contributed by atoms with Crippen molar-refractivity contribution in [3.63, 3.8) is 0 Å². The smallest absolute Gasteiger partial charge is 0.196 e. The van der Waals surface area contributed by atoms with E-state index < -0.39 is 17.4 Å². The number of ketones is 1. The average Bonchev–Trinajstić information content (AvgIpc) is 2.69. The topological polar surface area (TPSA) is 52.1 Å². The highest BCUT2D eigenvalue weighted by molar-refractivity contribution is 6.08. The largest absolute Gasteiger partial charge is 0.497 e. The summed E-state index contributed by atoms with van der Waals surface area (Å²) in [6.07, 6.45) is 4.17. The molecule has 0 saturated carbocycles. The molecule has 0 aliphatic heterocycles. The van der Waals surface area contributed by atoms with E-state index in [1.165, 1.54) is 18.5 Å². The molecular formula is C20H16F2N2O2.